The number of ether oxygens (including phenoxy) is 1. The Balaban J connectivity index is 1.77. The summed E-state index contributed by atoms with van der Waals surface area (Å²) in [6.07, 6.45) is 2.06. The van der Waals surface area contributed by atoms with Crippen LogP contribution in [-0.2, 0) is 9.53 Å². The minimum atomic E-state index is -0.331. The van der Waals surface area contributed by atoms with Crippen molar-refractivity contribution in [3.8, 4) is 0 Å². The number of hydrogen-bond acceptors (Lipinski definition) is 4. The lowest BCUT2D eigenvalue weighted by atomic mass is 9.99. The minimum Gasteiger partial charge on any atom is -0.379 e. The Morgan fingerprint density at radius 1 is 1.35 bits per heavy atom. The van der Waals surface area contributed by atoms with E-state index < -0.39 is 0 Å². The van der Waals surface area contributed by atoms with Crippen LogP contribution in [0.4, 0.5) is 0 Å². The lowest BCUT2D eigenvalue weighted by Gasteiger charge is -2.29. The second kappa shape index (κ2) is 7.38. The number of amides is 1. The molecule has 0 aromatic carbocycles. The van der Waals surface area contributed by atoms with Gasteiger partial charge in [-0.05, 0) is 18.3 Å². The Bertz CT molecular complexity index is 318. The highest BCUT2D eigenvalue weighted by Crippen LogP contribution is 2.20. The van der Waals surface area contributed by atoms with E-state index in [1.165, 1.54) is 0 Å². The third kappa shape index (κ3) is 3.93. The number of nitrogens with zero attached hydrogens (tertiary/aromatic N) is 2. The van der Waals surface area contributed by atoms with Crippen LogP contribution in [0.3, 0.4) is 0 Å². The zero-order valence-electron chi connectivity index (χ0n) is 12.9. The van der Waals surface area contributed by atoms with E-state index in [0.717, 1.165) is 58.8 Å². The molecule has 2 rings (SSSR count). The van der Waals surface area contributed by atoms with E-state index in [4.69, 9.17) is 10.5 Å². The fourth-order valence-corrected chi connectivity index (χ4v) is 3.04. The molecule has 0 aliphatic carbocycles. The summed E-state index contributed by atoms with van der Waals surface area (Å²) in [4.78, 5) is 16.8. The van der Waals surface area contributed by atoms with Gasteiger partial charge in [0.05, 0.1) is 19.3 Å². The highest BCUT2D eigenvalue weighted by Gasteiger charge is 2.31. The summed E-state index contributed by atoms with van der Waals surface area (Å²) in [6, 6.07) is -0.331. The van der Waals surface area contributed by atoms with Crippen molar-refractivity contribution >= 4 is 5.91 Å². The minimum absolute atomic E-state index is 0.142. The Kier molecular flexibility index (Phi) is 5.81. The van der Waals surface area contributed by atoms with Gasteiger partial charge in [-0.3, -0.25) is 9.69 Å². The van der Waals surface area contributed by atoms with E-state index >= 15 is 0 Å². The van der Waals surface area contributed by atoms with Crippen LogP contribution in [0.2, 0.25) is 0 Å². The number of carbonyl (C=O) groups is 1. The summed E-state index contributed by atoms with van der Waals surface area (Å²) in [5.41, 5.74) is 6.06. The molecule has 2 fully saturated rings. The molecule has 1 amide bonds. The van der Waals surface area contributed by atoms with Gasteiger partial charge in [0.2, 0.25) is 5.91 Å². The monoisotopic (exact) mass is 283 g/mol. The fraction of sp³-hybridized carbons (Fsp3) is 0.933. The van der Waals surface area contributed by atoms with E-state index in [0.29, 0.717) is 5.92 Å². The van der Waals surface area contributed by atoms with E-state index in [2.05, 4.69) is 18.7 Å². The predicted molar refractivity (Wildman–Crippen MR) is 79.4 cm³/mol. The number of hydrogen-bond donors (Lipinski definition) is 1. The van der Waals surface area contributed by atoms with Crippen LogP contribution in [0.5, 0.6) is 0 Å². The molecule has 5 nitrogen and oxygen atoms in total. The van der Waals surface area contributed by atoms with E-state index in [-0.39, 0.29) is 17.9 Å². The molecular formula is C15H29N3O2. The van der Waals surface area contributed by atoms with Crippen molar-refractivity contribution < 1.29 is 9.53 Å². The van der Waals surface area contributed by atoms with Gasteiger partial charge in [0.25, 0.3) is 0 Å². The molecule has 2 aliphatic heterocycles. The van der Waals surface area contributed by atoms with Crippen LogP contribution >= 0.6 is 0 Å². The summed E-state index contributed by atoms with van der Waals surface area (Å²) >= 11 is 0. The summed E-state index contributed by atoms with van der Waals surface area (Å²) in [6.45, 7) is 10.7. The van der Waals surface area contributed by atoms with E-state index in [1.807, 2.05) is 4.90 Å². The predicted octanol–water partition coefficient (Wildman–Crippen LogP) is 0.541. The van der Waals surface area contributed by atoms with Gasteiger partial charge >= 0.3 is 0 Å². The van der Waals surface area contributed by atoms with Crippen molar-refractivity contribution in [2.75, 3.05) is 45.9 Å². The third-order valence-electron chi connectivity index (χ3n) is 4.76. The second-order valence-corrected chi connectivity index (χ2v) is 6.26. The number of nitrogens with two attached hydrogens (primary N) is 1. The first-order chi connectivity index (χ1) is 9.61. The molecule has 116 valence electrons. The third-order valence-corrected chi connectivity index (χ3v) is 4.76. The highest BCUT2D eigenvalue weighted by atomic mass is 16.5. The Hall–Kier alpha value is -0.650. The molecule has 2 saturated heterocycles. The summed E-state index contributed by atoms with van der Waals surface area (Å²) < 4.78 is 5.37. The summed E-state index contributed by atoms with van der Waals surface area (Å²) in [7, 11) is 0. The second-order valence-electron chi connectivity index (χ2n) is 6.26. The summed E-state index contributed by atoms with van der Waals surface area (Å²) in [5, 5.41) is 0. The van der Waals surface area contributed by atoms with Gasteiger partial charge in [0, 0.05) is 32.7 Å². The smallest absolute Gasteiger partial charge is 0.239 e. The fourth-order valence-electron chi connectivity index (χ4n) is 3.04. The van der Waals surface area contributed by atoms with Crippen molar-refractivity contribution in [1.82, 2.24) is 9.80 Å². The maximum atomic E-state index is 12.4. The van der Waals surface area contributed by atoms with Crippen molar-refractivity contribution in [3.63, 3.8) is 0 Å². The van der Waals surface area contributed by atoms with E-state index in [9.17, 15) is 4.79 Å². The van der Waals surface area contributed by atoms with Gasteiger partial charge in [-0.15, -0.1) is 0 Å². The number of morpholine rings is 1. The molecule has 5 heteroatoms. The number of rotatable bonds is 5. The summed E-state index contributed by atoms with van der Waals surface area (Å²) in [5.74, 6) is 1.01. The van der Waals surface area contributed by atoms with Gasteiger partial charge in [-0.2, -0.15) is 0 Å². The Morgan fingerprint density at radius 2 is 2.05 bits per heavy atom. The van der Waals surface area contributed by atoms with Crippen LogP contribution in [0.25, 0.3) is 0 Å². The lowest BCUT2D eigenvalue weighted by molar-refractivity contribution is -0.132. The van der Waals surface area contributed by atoms with Crippen molar-refractivity contribution in [1.29, 1.82) is 0 Å². The maximum Gasteiger partial charge on any atom is 0.239 e. The zero-order valence-corrected chi connectivity index (χ0v) is 12.9. The average Bonchev–Trinajstić information content (AvgIpc) is 2.94. The number of likely N-dealkylation sites (tertiary alicyclic amines) is 1. The van der Waals surface area contributed by atoms with Gasteiger partial charge in [-0.1, -0.05) is 20.3 Å². The Morgan fingerprint density at radius 3 is 2.70 bits per heavy atom. The van der Waals surface area contributed by atoms with Crippen LogP contribution in [0.1, 0.15) is 26.7 Å². The van der Waals surface area contributed by atoms with Crippen LogP contribution < -0.4 is 5.73 Å². The first-order valence-electron chi connectivity index (χ1n) is 7.96. The molecule has 20 heavy (non-hydrogen) atoms. The quantitative estimate of drug-likeness (QED) is 0.800. The Labute approximate surface area is 122 Å². The molecule has 2 heterocycles. The molecule has 3 unspecified atom stereocenters. The molecule has 0 aromatic rings. The molecule has 0 radical (unpaired) electrons. The van der Waals surface area contributed by atoms with Crippen LogP contribution in [-0.4, -0.2) is 67.7 Å². The molecule has 0 aromatic heterocycles. The molecule has 3 atom stereocenters. The van der Waals surface area contributed by atoms with Crippen molar-refractivity contribution in [3.05, 3.63) is 0 Å². The highest BCUT2D eigenvalue weighted by molar-refractivity contribution is 5.82. The SMILES string of the molecule is CCC(C)C(N)C(=O)N1CCC(CN2CCOCC2)C1. The zero-order chi connectivity index (χ0) is 14.5. The molecule has 0 bridgehead atoms. The molecule has 2 N–H and O–H groups in total. The van der Waals surface area contributed by atoms with Gasteiger partial charge in [0.15, 0.2) is 0 Å². The first kappa shape index (κ1) is 15.7. The molecule has 0 spiro atoms. The largest absolute Gasteiger partial charge is 0.379 e. The number of carbonyl (C=O) groups excluding carboxylic acids is 1. The van der Waals surface area contributed by atoms with Crippen LogP contribution in [0, 0.1) is 11.8 Å². The van der Waals surface area contributed by atoms with Gasteiger partial charge < -0.3 is 15.4 Å². The van der Waals surface area contributed by atoms with E-state index in [1.54, 1.807) is 0 Å². The molecular weight excluding hydrogens is 254 g/mol. The maximum absolute atomic E-state index is 12.4. The standard InChI is InChI=1S/C15H29N3O2/c1-3-12(2)14(16)15(19)18-5-4-13(11-18)10-17-6-8-20-9-7-17/h12-14H,3-11,16H2,1-2H3. The molecule has 0 saturated carbocycles. The lowest BCUT2D eigenvalue weighted by Crippen LogP contribution is -2.46. The van der Waals surface area contributed by atoms with Crippen LogP contribution in [0.15, 0.2) is 0 Å². The molecule has 2 aliphatic rings. The average molecular weight is 283 g/mol. The van der Waals surface area contributed by atoms with Crippen molar-refractivity contribution in [2.45, 2.75) is 32.7 Å². The van der Waals surface area contributed by atoms with Crippen molar-refractivity contribution in [2.24, 2.45) is 17.6 Å². The topological polar surface area (TPSA) is 58.8 Å². The first-order valence-corrected chi connectivity index (χ1v) is 7.96. The van der Waals surface area contributed by atoms with Gasteiger partial charge in [0.1, 0.15) is 0 Å². The normalized spacial score (nSPS) is 27.6. The van der Waals surface area contributed by atoms with Gasteiger partial charge in [-0.25, -0.2) is 0 Å².